The highest BCUT2D eigenvalue weighted by atomic mass is 35.5. The van der Waals surface area contributed by atoms with Crippen LogP contribution in [0.5, 0.6) is 11.5 Å². The second-order valence-electron chi connectivity index (χ2n) is 6.02. The van der Waals surface area contributed by atoms with Gasteiger partial charge in [0.1, 0.15) is 17.0 Å². The molecule has 0 bridgehead atoms. The minimum Gasteiger partial charge on any atom is -0.492 e. The lowest BCUT2D eigenvalue weighted by Crippen LogP contribution is -2.21. The summed E-state index contributed by atoms with van der Waals surface area (Å²) in [5, 5.41) is 0.610. The van der Waals surface area contributed by atoms with Gasteiger partial charge in [0.25, 0.3) is 5.91 Å². The van der Waals surface area contributed by atoms with Crippen molar-refractivity contribution in [1.29, 1.82) is 0 Å². The average Bonchev–Trinajstić information content (AvgIpc) is 3.06. The number of hydrogen-bond donors (Lipinski definition) is 0. The van der Waals surface area contributed by atoms with Crippen LogP contribution in [0.4, 0.5) is 0 Å². The smallest absolute Gasteiger partial charge is 0.286 e. The monoisotopic (exact) mass is 434 g/mol. The topological polar surface area (TPSA) is 62.1 Å². The standard InChI is InChI=1S/C21H23ClN2O4S/c1-3-26-13-12-24-20-17(27-4-2)6-5-7-18(20)29-21(24)23-19(25)14-28-16-10-8-15(22)9-11-16/h5-11H,3-4,12-14H2,1-2H3. The fraction of sp³-hybridized carbons (Fsp3) is 0.333. The van der Waals surface area contributed by atoms with Crippen molar-refractivity contribution in [3.05, 3.63) is 52.3 Å². The number of carbonyl (C=O) groups is 1. The van der Waals surface area contributed by atoms with E-state index >= 15 is 0 Å². The Hall–Kier alpha value is -2.35. The van der Waals surface area contributed by atoms with Gasteiger partial charge in [0, 0.05) is 18.2 Å². The number of para-hydroxylation sites is 1. The third-order valence-corrected chi connectivity index (χ3v) is 5.32. The number of amides is 1. The second-order valence-corrected chi connectivity index (χ2v) is 7.46. The van der Waals surface area contributed by atoms with E-state index in [1.54, 1.807) is 24.3 Å². The molecule has 8 heteroatoms. The van der Waals surface area contributed by atoms with Gasteiger partial charge < -0.3 is 18.8 Å². The Balaban J connectivity index is 1.89. The molecule has 0 atom stereocenters. The Morgan fingerprint density at radius 1 is 1.10 bits per heavy atom. The predicted molar refractivity (Wildman–Crippen MR) is 115 cm³/mol. The zero-order valence-electron chi connectivity index (χ0n) is 16.4. The molecule has 1 amide bonds. The van der Waals surface area contributed by atoms with Crippen LogP contribution in [0.15, 0.2) is 47.5 Å². The van der Waals surface area contributed by atoms with E-state index in [0.717, 1.165) is 16.0 Å². The van der Waals surface area contributed by atoms with Crippen LogP contribution in [0.2, 0.25) is 5.02 Å². The number of carbonyl (C=O) groups excluding carboxylic acids is 1. The SMILES string of the molecule is CCOCCn1c(=NC(=O)COc2ccc(Cl)cc2)sc2cccc(OCC)c21. The number of ether oxygens (including phenoxy) is 3. The molecule has 0 N–H and O–H groups in total. The van der Waals surface area contributed by atoms with Gasteiger partial charge in [-0.25, -0.2) is 0 Å². The minimum absolute atomic E-state index is 0.153. The molecule has 6 nitrogen and oxygen atoms in total. The first-order chi connectivity index (χ1) is 14.1. The van der Waals surface area contributed by atoms with Crippen LogP contribution in [-0.2, 0) is 16.1 Å². The van der Waals surface area contributed by atoms with E-state index in [4.69, 9.17) is 25.8 Å². The van der Waals surface area contributed by atoms with Crippen LogP contribution in [0.1, 0.15) is 13.8 Å². The lowest BCUT2D eigenvalue weighted by Gasteiger charge is -2.10. The lowest BCUT2D eigenvalue weighted by molar-refractivity contribution is -0.120. The first-order valence-electron chi connectivity index (χ1n) is 9.41. The lowest BCUT2D eigenvalue weighted by atomic mass is 10.3. The maximum absolute atomic E-state index is 12.4. The first-order valence-corrected chi connectivity index (χ1v) is 10.6. The molecule has 0 radical (unpaired) electrons. The van der Waals surface area contributed by atoms with Gasteiger partial charge in [-0.2, -0.15) is 4.99 Å². The van der Waals surface area contributed by atoms with Crippen molar-refractivity contribution in [1.82, 2.24) is 4.57 Å². The third-order valence-electron chi connectivity index (χ3n) is 4.02. The molecule has 0 unspecified atom stereocenters. The van der Waals surface area contributed by atoms with E-state index in [0.29, 0.717) is 41.9 Å². The summed E-state index contributed by atoms with van der Waals surface area (Å²) < 4.78 is 19.8. The van der Waals surface area contributed by atoms with Gasteiger partial charge >= 0.3 is 0 Å². The zero-order valence-corrected chi connectivity index (χ0v) is 18.0. The summed E-state index contributed by atoms with van der Waals surface area (Å²) in [6.07, 6.45) is 0. The summed E-state index contributed by atoms with van der Waals surface area (Å²) in [7, 11) is 0. The van der Waals surface area contributed by atoms with Crippen molar-refractivity contribution in [2.24, 2.45) is 4.99 Å². The summed E-state index contributed by atoms with van der Waals surface area (Å²) in [5.74, 6) is 0.968. The molecule has 0 saturated carbocycles. The summed E-state index contributed by atoms with van der Waals surface area (Å²) in [6.45, 7) is 6.01. The van der Waals surface area contributed by atoms with E-state index in [2.05, 4.69) is 4.99 Å². The number of rotatable bonds is 9. The van der Waals surface area contributed by atoms with Crippen LogP contribution in [0, 0.1) is 0 Å². The number of fused-ring (bicyclic) bond motifs is 1. The highest BCUT2D eigenvalue weighted by molar-refractivity contribution is 7.16. The van der Waals surface area contributed by atoms with Gasteiger partial charge in [-0.3, -0.25) is 4.79 Å². The Morgan fingerprint density at radius 3 is 2.62 bits per heavy atom. The number of halogens is 1. The highest BCUT2D eigenvalue weighted by Gasteiger charge is 2.13. The van der Waals surface area contributed by atoms with Crippen molar-refractivity contribution >= 4 is 39.1 Å². The Bertz CT molecular complexity index is 1030. The molecule has 0 saturated heterocycles. The van der Waals surface area contributed by atoms with Crippen LogP contribution >= 0.6 is 22.9 Å². The molecule has 3 rings (SSSR count). The zero-order chi connectivity index (χ0) is 20.6. The quantitative estimate of drug-likeness (QED) is 0.471. The fourth-order valence-electron chi connectivity index (χ4n) is 2.78. The fourth-order valence-corrected chi connectivity index (χ4v) is 3.99. The number of hydrogen-bond acceptors (Lipinski definition) is 5. The average molecular weight is 435 g/mol. The van der Waals surface area contributed by atoms with E-state index in [1.807, 2.05) is 36.6 Å². The van der Waals surface area contributed by atoms with E-state index < -0.39 is 0 Å². The van der Waals surface area contributed by atoms with Crippen LogP contribution in [-0.4, -0.2) is 36.9 Å². The molecule has 29 heavy (non-hydrogen) atoms. The van der Waals surface area contributed by atoms with Gasteiger partial charge in [0.2, 0.25) is 0 Å². The molecule has 3 aromatic rings. The Labute approximate surface area is 178 Å². The molecule has 0 fully saturated rings. The van der Waals surface area contributed by atoms with Crippen molar-refractivity contribution in [3.8, 4) is 11.5 Å². The molecule has 2 aromatic carbocycles. The Kier molecular flexibility index (Phi) is 7.69. The van der Waals surface area contributed by atoms with E-state index in [9.17, 15) is 4.79 Å². The largest absolute Gasteiger partial charge is 0.492 e. The molecule has 0 aliphatic carbocycles. The maximum atomic E-state index is 12.4. The number of thiazole rings is 1. The normalized spacial score (nSPS) is 11.8. The van der Waals surface area contributed by atoms with Gasteiger partial charge in [-0.1, -0.05) is 29.0 Å². The minimum atomic E-state index is -0.366. The second kappa shape index (κ2) is 10.4. The first kappa shape index (κ1) is 21.4. The van der Waals surface area contributed by atoms with E-state index in [-0.39, 0.29) is 12.5 Å². The number of nitrogens with zero attached hydrogens (tertiary/aromatic N) is 2. The van der Waals surface area contributed by atoms with Crippen molar-refractivity contribution < 1.29 is 19.0 Å². The third kappa shape index (κ3) is 5.59. The molecular weight excluding hydrogens is 412 g/mol. The molecule has 154 valence electrons. The maximum Gasteiger partial charge on any atom is 0.286 e. The van der Waals surface area contributed by atoms with Gasteiger partial charge in [0.15, 0.2) is 11.4 Å². The Morgan fingerprint density at radius 2 is 1.90 bits per heavy atom. The number of benzene rings is 2. The summed E-state index contributed by atoms with van der Waals surface area (Å²) in [4.78, 5) is 17.3. The summed E-state index contributed by atoms with van der Waals surface area (Å²) >= 11 is 7.30. The van der Waals surface area contributed by atoms with Crippen molar-refractivity contribution in [2.45, 2.75) is 20.4 Å². The van der Waals surface area contributed by atoms with Gasteiger partial charge in [-0.15, -0.1) is 0 Å². The van der Waals surface area contributed by atoms with Gasteiger partial charge in [0.05, 0.1) is 17.9 Å². The summed E-state index contributed by atoms with van der Waals surface area (Å²) in [5.41, 5.74) is 0.921. The molecule has 1 heterocycles. The van der Waals surface area contributed by atoms with Gasteiger partial charge in [-0.05, 0) is 50.2 Å². The molecule has 0 aliphatic heterocycles. The molecule has 0 spiro atoms. The summed E-state index contributed by atoms with van der Waals surface area (Å²) in [6, 6.07) is 12.7. The molecular formula is C21H23ClN2O4S. The molecule has 0 aliphatic rings. The highest BCUT2D eigenvalue weighted by Crippen LogP contribution is 2.27. The van der Waals surface area contributed by atoms with E-state index in [1.165, 1.54) is 11.3 Å². The van der Waals surface area contributed by atoms with Crippen molar-refractivity contribution in [3.63, 3.8) is 0 Å². The molecule has 1 aromatic heterocycles. The van der Waals surface area contributed by atoms with Crippen LogP contribution in [0.25, 0.3) is 10.2 Å². The van der Waals surface area contributed by atoms with Crippen molar-refractivity contribution in [2.75, 3.05) is 26.4 Å². The predicted octanol–water partition coefficient (Wildman–Crippen LogP) is 4.30. The number of aromatic nitrogens is 1. The van der Waals surface area contributed by atoms with Crippen LogP contribution in [0.3, 0.4) is 0 Å². The van der Waals surface area contributed by atoms with Crippen LogP contribution < -0.4 is 14.3 Å².